The minimum Gasteiger partial charge on any atom is -0.381 e. The number of likely N-dealkylation sites (N-methyl/N-ethyl adjacent to an activating group) is 1. The molecule has 0 radical (unpaired) electrons. The summed E-state index contributed by atoms with van der Waals surface area (Å²) >= 11 is 11.0. The molecule has 6 nitrogen and oxygen atoms in total. The smallest absolute Gasteiger partial charge is 0.259 e. The molecule has 8 heteroatoms. The third-order valence-corrected chi connectivity index (χ3v) is 8.35. The number of carbonyl (C=O) groups excluding carboxylic acids is 1. The first-order valence-corrected chi connectivity index (χ1v) is 11.4. The Labute approximate surface area is 192 Å². The third-order valence-electron chi connectivity index (χ3n) is 7.59. The van der Waals surface area contributed by atoms with Crippen LogP contribution in [0.15, 0.2) is 30.5 Å². The van der Waals surface area contributed by atoms with Crippen molar-refractivity contribution in [2.45, 2.75) is 43.7 Å². The molecule has 1 atom stereocenters. The summed E-state index contributed by atoms with van der Waals surface area (Å²) in [6, 6.07) is 8.37. The molecular formula is C23H26N4O2S2. The molecule has 1 aliphatic heterocycles. The summed E-state index contributed by atoms with van der Waals surface area (Å²) < 4.78 is 7.97. The van der Waals surface area contributed by atoms with Gasteiger partial charge in [-0.2, -0.15) is 5.10 Å². The first kappa shape index (κ1) is 20.7. The highest BCUT2D eigenvalue weighted by Crippen LogP contribution is 2.60. The lowest BCUT2D eigenvalue weighted by molar-refractivity contribution is -0.137. The lowest BCUT2D eigenvalue weighted by Gasteiger charge is -2.46. The molecular weight excluding hydrogens is 428 g/mol. The Morgan fingerprint density at radius 1 is 1.16 bits per heavy atom. The Balaban J connectivity index is 1.66. The van der Waals surface area contributed by atoms with Crippen LogP contribution < -0.4 is 5.32 Å². The first-order chi connectivity index (χ1) is 14.8. The Bertz CT molecular complexity index is 1150. The predicted octanol–water partition coefficient (Wildman–Crippen LogP) is 3.49. The number of nitrogens with one attached hydrogen (secondary N) is 1. The lowest BCUT2D eigenvalue weighted by atomic mass is 9.61. The van der Waals surface area contributed by atoms with E-state index in [4.69, 9.17) is 29.2 Å². The fourth-order valence-corrected chi connectivity index (χ4v) is 6.19. The third kappa shape index (κ3) is 2.84. The van der Waals surface area contributed by atoms with Crippen LogP contribution in [0, 0.1) is 10.1 Å². The number of nitrogens with zero attached hydrogens (tertiary/aromatic N) is 3. The van der Waals surface area contributed by atoms with Crippen molar-refractivity contribution in [3.05, 3.63) is 46.2 Å². The second-order valence-corrected chi connectivity index (χ2v) is 9.82. The van der Waals surface area contributed by atoms with Gasteiger partial charge in [0.2, 0.25) is 0 Å². The maximum absolute atomic E-state index is 13.8. The summed E-state index contributed by atoms with van der Waals surface area (Å²) in [5.41, 5.74) is 3.18. The molecule has 1 aromatic heterocycles. The molecule has 2 fully saturated rings. The molecule has 2 spiro atoms. The molecule has 2 heterocycles. The number of methoxy groups -OCH3 is 1. The summed E-state index contributed by atoms with van der Waals surface area (Å²) in [5.74, 6) is 0.0470. The zero-order chi connectivity index (χ0) is 22.0. The van der Waals surface area contributed by atoms with E-state index in [0.29, 0.717) is 9.75 Å². The van der Waals surface area contributed by atoms with Crippen LogP contribution >= 0.6 is 24.4 Å². The number of thiocarbonyl (C=S) groups is 1. The van der Waals surface area contributed by atoms with Gasteiger partial charge < -0.3 is 10.1 Å². The SMILES string of the molecule is COC1CCC2(CC1)Cc1ccc(-c3cnn(C)c(=S)c3)cc1C21NC(=S)N(C)C1=O. The highest BCUT2D eigenvalue weighted by Gasteiger charge is 2.66. The van der Waals surface area contributed by atoms with Crippen molar-refractivity contribution in [2.24, 2.45) is 12.5 Å². The highest BCUT2D eigenvalue weighted by molar-refractivity contribution is 7.80. The van der Waals surface area contributed by atoms with Crippen LogP contribution in [0.3, 0.4) is 0 Å². The molecule has 3 aliphatic rings. The molecule has 31 heavy (non-hydrogen) atoms. The van der Waals surface area contributed by atoms with Crippen LogP contribution in [0.2, 0.25) is 0 Å². The van der Waals surface area contributed by atoms with Crippen molar-refractivity contribution >= 4 is 35.5 Å². The second kappa shape index (κ2) is 7.18. The van der Waals surface area contributed by atoms with Gasteiger partial charge in [-0.15, -0.1) is 0 Å². The summed E-state index contributed by atoms with van der Waals surface area (Å²) in [6.45, 7) is 0. The fraction of sp³-hybridized carbons (Fsp3) is 0.478. The molecule has 1 saturated carbocycles. The number of aryl methyl sites for hydroxylation is 1. The van der Waals surface area contributed by atoms with Crippen LogP contribution in [0.4, 0.5) is 0 Å². The van der Waals surface area contributed by atoms with Crippen molar-refractivity contribution in [3.63, 3.8) is 0 Å². The van der Waals surface area contributed by atoms with E-state index in [-0.39, 0.29) is 17.4 Å². The molecule has 1 aromatic carbocycles. The Morgan fingerprint density at radius 3 is 2.52 bits per heavy atom. The first-order valence-electron chi connectivity index (χ1n) is 10.6. The van der Waals surface area contributed by atoms with E-state index in [1.165, 1.54) is 5.56 Å². The van der Waals surface area contributed by atoms with Gasteiger partial charge in [0.15, 0.2) is 10.7 Å². The van der Waals surface area contributed by atoms with E-state index in [9.17, 15) is 4.79 Å². The molecule has 1 saturated heterocycles. The van der Waals surface area contributed by atoms with E-state index >= 15 is 0 Å². The Morgan fingerprint density at radius 2 is 1.90 bits per heavy atom. The van der Waals surface area contributed by atoms with Gasteiger partial charge in [-0.1, -0.05) is 24.4 Å². The number of ether oxygens (including phenoxy) is 1. The molecule has 2 aromatic rings. The molecule has 2 aliphatic carbocycles. The summed E-state index contributed by atoms with van der Waals surface area (Å²) in [5, 5.41) is 8.37. The molecule has 1 unspecified atom stereocenters. The molecule has 0 bridgehead atoms. The number of fused-ring (bicyclic) bond motifs is 3. The number of carbonyl (C=O) groups is 1. The topological polar surface area (TPSA) is 59.4 Å². The number of aromatic nitrogens is 2. The predicted molar refractivity (Wildman–Crippen MR) is 125 cm³/mol. The van der Waals surface area contributed by atoms with Gasteiger partial charge in [-0.05, 0) is 73.1 Å². The molecule has 1 amide bonds. The van der Waals surface area contributed by atoms with Crippen LogP contribution in [0.25, 0.3) is 11.1 Å². The highest BCUT2D eigenvalue weighted by atomic mass is 32.1. The number of hydrogen-bond acceptors (Lipinski definition) is 5. The minimum absolute atomic E-state index is 0.0470. The van der Waals surface area contributed by atoms with Gasteiger partial charge in [0, 0.05) is 32.2 Å². The van der Waals surface area contributed by atoms with Gasteiger partial charge in [0.25, 0.3) is 5.91 Å². The quantitative estimate of drug-likeness (QED) is 0.701. The number of amides is 1. The van der Waals surface area contributed by atoms with Crippen molar-refractivity contribution in [3.8, 4) is 11.1 Å². The Kier molecular flexibility index (Phi) is 4.80. The summed E-state index contributed by atoms with van der Waals surface area (Å²) in [7, 11) is 5.38. The van der Waals surface area contributed by atoms with E-state index in [1.54, 1.807) is 23.7 Å². The van der Waals surface area contributed by atoms with E-state index in [0.717, 1.165) is 48.8 Å². The number of hydrogen-bond donors (Lipinski definition) is 1. The van der Waals surface area contributed by atoms with Crippen molar-refractivity contribution in [2.75, 3.05) is 14.2 Å². The van der Waals surface area contributed by atoms with E-state index in [2.05, 4.69) is 28.6 Å². The van der Waals surface area contributed by atoms with Crippen molar-refractivity contribution in [1.29, 1.82) is 0 Å². The van der Waals surface area contributed by atoms with Crippen LogP contribution in [-0.4, -0.2) is 46.0 Å². The maximum Gasteiger partial charge on any atom is 0.259 e. The normalized spacial score (nSPS) is 29.6. The van der Waals surface area contributed by atoms with Crippen LogP contribution in [-0.2, 0) is 28.5 Å². The second-order valence-electron chi connectivity index (χ2n) is 9.01. The fourth-order valence-electron chi connectivity index (χ4n) is 5.78. The number of rotatable bonds is 2. The maximum atomic E-state index is 13.8. The zero-order valence-corrected chi connectivity index (χ0v) is 19.6. The van der Waals surface area contributed by atoms with Crippen molar-refractivity contribution in [1.82, 2.24) is 20.0 Å². The van der Waals surface area contributed by atoms with Crippen LogP contribution in [0.1, 0.15) is 36.8 Å². The lowest BCUT2D eigenvalue weighted by Crippen LogP contribution is -2.56. The van der Waals surface area contributed by atoms with Gasteiger partial charge in [0.1, 0.15) is 4.64 Å². The average Bonchev–Trinajstić information content (AvgIpc) is 3.17. The molecule has 5 rings (SSSR count). The van der Waals surface area contributed by atoms with Gasteiger partial charge >= 0.3 is 0 Å². The van der Waals surface area contributed by atoms with Gasteiger partial charge in [-0.3, -0.25) is 14.4 Å². The standard InChI is InChI=1S/C23H26N4O2S2/c1-26-20(28)23(25-21(26)31)18-10-14(16-11-19(30)27(2)24-13-16)4-5-15(18)12-22(23)8-6-17(29-3)7-9-22/h4-5,10-11,13,17H,6-9,12H2,1-3H3,(H,25,31). The average molecular weight is 455 g/mol. The summed E-state index contributed by atoms with van der Waals surface area (Å²) in [6.07, 6.45) is 6.67. The molecule has 1 N–H and O–H groups in total. The van der Waals surface area contributed by atoms with E-state index < -0.39 is 5.54 Å². The largest absolute Gasteiger partial charge is 0.381 e. The molecule has 162 valence electrons. The zero-order valence-electron chi connectivity index (χ0n) is 18.0. The van der Waals surface area contributed by atoms with E-state index in [1.807, 2.05) is 19.3 Å². The monoisotopic (exact) mass is 454 g/mol. The Hall–Kier alpha value is -2.16. The van der Waals surface area contributed by atoms with Crippen molar-refractivity contribution < 1.29 is 9.53 Å². The number of benzene rings is 1. The minimum atomic E-state index is -0.827. The summed E-state index contributed by atoms with van der Waals surface area (Å²) in [4.78, 5) is 15.4. The van der Waals surface area contributed by atoms with Gasteiger partial charge in [-0.25, -0.2) is 0 Å². The van der Waals surface area contributed by atoms with Crippen LogP contribution in [0.5, 0.6) is 0 Å². The van der Waals surface area contributed by atoms with Gasteiger partial charge in [0.05, 0.1) is 12.3 Å².